The van der Waals surface area contributed by atoms with Crippen molar-refractivity contribution >= 4 is 5.78 Å². The van der Waals surface area contributed by atoms with Crippen LogP contribution >= 0.6 is 0 Å². The third-order valence-electron chi connectivity index (χ3n) is 2.33. The maximum Gasteiger partial charge on any atom is 0.243 e. The second-order valence-corrected chi connectivity index (χ2v) is 3.55. The van der Waals surface area contributed by atoms with E-state index in [0.717, 1.165) is 0 Å². The number of hydrogen-bond acceptors (Lipinski definition) is 5. The average molecular weight is 232 g/mol. The van der Waals surface area contributed by atoms with Crippen molar-refractivity contribution in [3.63, 3.8) is 0 Å². The lowest BCUT2D eigenvalue weighted by Gasteiger charge is -2.03. The number of ether oxygens (including phenoxy) is 1. The Morgan fingerprint density at radius 1 is 1.35 bits per heavy atom. The second-order valence-electron chi connectivity index (χ2n) is 3.55. The Morgan fingerprint density at radius 2 is 2.06 bits per heavy atom. The molecule has 2 aromatic heterocycles. The van der Waals surface area contributed by atoms with Crippen LogP contribution in [-0.2, 0) is 7.05 Å². The molecule has 0 atom stereocenters. The van der Waals surface area contributed by atoms with Gasteiger partial charge in [-0.15, -0.1) is 0 Å². The minimum absolute atomic E-state index is 0.200. The molecule has 2 aromatic rings. The van der Waals surface area contributed by atoms with Gasteiger partial charge in [-0.3, -0.25) is 9.48 Å². The maximum absolute atomic E-state index is 12.2. The average Bonchev–Trinajstić information content (AvgIpc) is 2.67. The van der Waals surface area contributed by atoms with Crippen LogP contribution in [0.3, 0.4) is 0 Å². The smallest absolute Gasteiger partial charge is 0.243 e. The van der Waals surface area contributed by atoms with Gasteiger partial charge in [0.05, 0.1) is 18.4 Å². The van der Waals surface area contributed by atoms with Crippen molar-refractivity contribution in [3.05, 3.63) is 35.5 Å². The molecule has 0 aliphatic carbocycles. The number of carbonyl (C=O) groups excluding carboxylic acids is 1. The number of rotatable bonds is 3. The molecule has 2 heterocycles. The first-order valence-electron chi connectivity index (χ1n) is 5.03. The Balaban J connectivity index is 2.47. The molecule has 2 rings (SSSR count). The quantitative estimate of drug-likeness (QED) is 0.730. The highest BCUT2D eigenvalue weighted by Crippen LogP contribution is 2.17. The highest BCUT2D eigenvalue weighted by Gasteiger charge is 2.20. The summed E-state index contributed by atoms with van der Waals surface area (Å²) in [6.07, 6.45) is 4.60. The number of nitrogens with zero attached hydrogens (tertiary/aromatic N) is 4. The van der Waals surface area contributed by atoms with Crippen molar-refractivity contribution in [2.45, 2.75) is 6.92 Å². The number of aryl methyl sites for hydroxylation is 2. The van der Waals surface area contributed by atoms with Crippen molar-refractivity contribution in [2.24, 2.45) is 7.05 Å². The van der Waals surface area contributed by atoms with Crippen LogP contribution in [0, 0.1) is 6.92 Å². The van der Waals surface area contributed by atoms with Crippen LogP contribution in [0.25, 0.3) is 0 Å². The highest BCUT2D eigenvalue weighted by molar-refractivity contribution is 6.09. The van der Waals surface area contributed by atoms with Crippen molar-refractivity contribution in [3.8, 4) is 5.88 Å². The molecule has 0 aromatic carbocycles. The predicted molar refractivity (Wildman–Crippen MR) is 60.0 cm³/mol. The molecule has 6 heteroatoms. The number of ketones is 1. The van der Waals surface area contributed by atoms with Crippen LogP contribution in [0.15, 0.2) is 18.6 Å². The van der Waals surface area contributed by atoms with E-state index in [2.05, 4.69) is 15.1 Å². The summed E-state index contributed by atoms with van der Waals surface area (Å²) in [6.45, 7) is 1.77. The van der Waals surface area contributed by atoms with Crippen LogP contribution < -0.4 is 4.74 Å². The molecule has 0 N–H and O–H groups in total. The van der Waals surface area contributed by atoms with Crippen molar-refractivity contribution in [2.75, 3.05) is 7.11 Å². The maximum atomic E-state index is 12.2. The predicted octanol–water partition coefficient (Wildman–Crippen LogP) is 0.758. The topological polar surface area (TPSA) is 69.9 Å². The number of carbonyl (C=O) groups is 1. The summed E-state index contributed by atoms with van der Waals surface area (Å²) in [4.78, 5) is 20.2. The van der Waals surface area contributed by atoms with Gasteiger partial charge in [0.25, 0.3) is 0 Å². The molecule has 0 saturated heterocycles. The molecule has 0 aliphatic rings. The van der Waals surface area contributed by atoms with E-state index in [1.54, 1.807) is 24.9 Å². The van der Waals surface area contributed by atoms with E-state index in [0.29, 0.717) is 11.3 Å². The molecule has 0 bridgehead atoms. The molecule has 17 heavy (non-hydrogen) atoms. The lowest BCUT2D eigenvalue weighted by atomic mass is 10.1. The van der Waals surface area contributed by atoms with Gasteiger partial charge >= 0.3 is 0 Å². The Kier molecular flexibility index (Phi) is 2.86. The molecule has 0 saturated carbocycles. The molecule has 0 fully saturated rings. The summed E-state index contributed by atoms with van der Waals surface area (Å²) in [5.74, 6) is -0.0127. The van der Waals surface area contributed by atoms with Gasteiger partial charge in [-0.25, -0.2) is 9.97 Å². The van der Waals surface area contributed by atoms with E-state index in [9.17, 15) is 4.79 Å². The van der Waals surface area contributed by atoms with Crippen LogP contribution in [0.5, 0.6) is 5.88 Å². The zero-order chi connectivity index (χ0) is 12.4. The Labute approximate surface area is 98.3 Å². The third kappa shape index (κ3) is 2.01. The van der Waals surface area contributed by atoms with Gasteiger partial charge in [0.15, 0.2) is 5.69 Å². The van der Waals surface area contributed by atoms with E-state index in [4.69, 9.17) is 4.74 Å². The molecule has 88 valence electrons. The largest absolute Gasteiger partial charge is 0.479 e. The van der Waals surface area contributed by atoms with Gasteiger partial charge in [0.2, 0.25) is 11.7 Å². The first-order chi connectivity index (χ1) is 8.13. The molecule has 0 unspecified atom stereocenters. The standard InChI is InChI=1S/C11H12N4O2/c1-7-8(6-15(2)14-7)10(16)9-11(17-3)13-5-4-12-9/h4-6H,1-3H3. The van der Waals surface area contributed by atoms with Gasteiger partial charge in [0, 0.05) is 25.6 Å². The summed E-state index contributed by atoms with van der Waals surface area (Å²) in [5, 5.41) is 4.12. The lowest BCUT2D eigenvalue weighted by molar-refractivity contribution is 0.102. The van der Waals surface area contributed by atoms with Crippen LogP contribution in [0.4, 0.5) is 0 Å². The number of methoxy groups -OCH3 is 1. The van der Waals surface area contributed by atoms with E-state index in [1.165, 1.54) is 19.5 Å². The molecule has 0 aliphatic heterocycles. The molecule has 0 amide bonds. The van der Waals surface area contributed by atoms with Crippen molar-refractivity contribution in [1.82, 2.24) is 19.7 Å². The normalized spacial score (nSPS) is 10.3. The minimum Gasteiger partial charge on any atom is -0.479 e. The zero-order valence-corrected chi connectivity index (χ0v) is 9.84. The third-order valence-corrected chi connectivity index (χ3v) is 2.33. The monoisotopic (exact) mass is 232 g/mol. The molecule has 0 radical (unpaired) electrons. The van der Waals surface area contributed by atoms with E-state index in [1.807, 2.05) is 0 Å². The van der Waals surface area contributed by atoms with Gasteiger partial charge < -0.3 is 4.74 Å². The number of hydrogen-bond donors (Lipinski definition) is 0. The minimum atomic E-state index is -0.236. The molecular formula is C11H12N4O2. The summed E-state index contributed by atoms with van der Waals surface area (Å²) < 4.78 is 6.60. The van der Waals surface area contributed by atoms with Gasteiger partial charge in [-0.1, -0.05) is 0 Å². The van der Waals surface area contributed by atoms with Crippen molar-refractivity contribution in [1.29, 1.82) is 0 Å². The number of aromatic nitrogens is 4. The van der Waals surface area contributed by atoms with E-state index < -0.39 is 0 Å². The summed E-state index contributed by atoms with van der Waals surface area (Å²) in [6, 6.07) is 0. The van der Waals surface area contributed by atoms with Crippen molar-refractivity contribution < 1.29 is 9.53 Å². The molecule has 6 nitrogen and oxygen atoms in total. The summed E-state index contributed by atoms with van der Waals surface area (Å²) in [5.41, 5.74) is 1.36. The van der Waals surface area contributed by atoms with E-state index in [-0.39, 0.29) is 17.4 Å². The lowest BCUT2D eigenvalue weighted by Crippen LogP contribution is -2.08. The van der Waals surface area contributed by atoms with E-state index >= 15 is 0 Å². The Morgan fingerprint density at radius 3 is 2.65 bits per heavy atom. The molecular weight excluding hydrogens is 220 g/mol. The Hall–Kier alpha value is -2.24. The van der Waals surface area contributed by atoms with Gasteiger partial charge in [-0.05, 0) is 6.92 Å². The fraction of sp³-hybridized carbons (Fsp3) is 0.273. The fourth-order valence-electron chi connectivity index (χ4n) is 1.58. The SMILES string of the molecule is COc1nccnc1C(=O)c1cn(C)nc1C. The first-order valence-corrected chi connectivity index (χ1v) is 5.03. The highest BCUT2D eigenvalue weighted by atomic mass is 16.5. The second kappa shape index (κ2) is 4.32. The first kappa shape index (κ1) is 11.3. The van der Waals surface area contributed by atoms with Crippen LogP contribution in [-0.4, -0.2) is 32.6 Å². The fourth-order valence-corrected chi connectivity index (χ4v) is 1.58. The Bertz CT molecular complexity index is 562. The van der Waals surface area contributed by atoms with Gasteiger partial charge in [-0.2, -0.15) is 5.10 Å². The summed E-state index contributed by atoms with van der Waals surface area (Å²) in [7, 11) is 3.22. The van der Waals surface area contributed by atoms with Gasteiger partial charge in [0.1, 0.15) is 0 Å². The zero-order valence-electron chi connectivity index (χ0n) is 9.84. The molecule has 0 spiro atoms. The summed E-state index contributed by atoms with van der Waals surface area (Å²) >= 11 is 0. The van der Waals surface area contributed by atoms with Crippen LogP contribution in [0.2, 0.25) is 0 Å². The van der Waals surface area contributed by atoms with Crippen LogP contribution in [0.1, 0.15) is 21.7 Å².